The number of aliphatic carboxylic acids is 1. The SMILES string of the molecule is CC1(C(=O)O)CCN(C(=O)c2ccc3c(c2)OCCO3)C1. The minimum atomic E-state index is -0.861. The molecule has 0 saturated carbocycles. The summed E-state index contributed by atoms with van der Waals surface area (Å²) < 4.78 is 10.9. The fourth-order valence-electron chi connectivity index (χ4n) is 2.67. The van der Waals surface area contributed by atoms with Crippen molar-refractivity contribution in [3.05, 3.63) is 23.8 Å². The zero-order valence-electron chi connectivity index (χ0n) is 11.8. The summed E-state index contributed by atoms with van der Waals surface area (Å²) in [6.07, 6.45) is 0.471. The number of nitrogens with zero attached hydrogens (tertiary/aromatic N) is 1. The van der Waals surface area contributed by atoms with E-state index in [0.29, 0.717) is 43.2 Å². The van der Waals surface area contributed by atoms with Crippen molar-refractivity contribution in [2.75, 3.05) is 26.3 Å². The van der Waals surface area contributed by atoms with Crippen molar-refractivity contribution < 1.29 is 24.2 Å². The second kappa shape index (κ2) is 4.95. The molecule has 0 radical (unpaired) electrons. The molecule has 6 nitrogen and oxygen atoms in total. The van der Waals surface area contributed by atoms with Crippen molar-refractivity contribution in [2.45, 2.75) is 13.3 Å². The van der Waals surface area contributed by atoms with Crippen molar-refractivity contribution in [1.82, 2.24) is 4.90 Å². The topological polar surface area (TPSA) is 76.1 Å². The molecule has 0 aromatic heterocycles. The lowest BCUT2D eigenvalue weighted by atomic mass is 9.90. The number of rotatable bonds is 2. The first-order chi connectivity index (χ1) is 9.99. The summed E-state index contributed by atoms with van der Waals surface area (Å²) >= 11 is 0. The molecule has 21 heavy (non-hydrogen) atoms. The van der Waals surface area contributed by atoms with Crippen LogP contribution in [0.5, 0.6) is 11.5 Å². The normalized spacial score (nSPS) is 24.0. The van der Waals surface area contributed by atoms with Gasteiger partial charge in [0.05, 0.1) is 5.41 Å². The average molecular weight is 291 g/mol. The number of likely N-dealkylation sites (tertiary alicyclic amines) is 1. The third-order valence-corrected chi connectivity index (χ3v) is 4.07. The van der Waals surface area contributed by atoms with Gasteiger partial charge >= 0.3 is 5.97 Å². The van der Waals surface area contributed by atoms with Crippen molar-refractivity contribution in [3.8, 4) is 11.5 Å². The number of hydrogen-bond donors (Lipinski definition) is 1. The van der Waals surface area contributed by atoms with Gasteiger partial charge < -0.3 is 19.5 Å². The average Bonchev–Trinajstić information content (AvgIpc) is 2.90. The number of carboxylic acid groups (broad SMARTS) is 1. The minimum Gasteiger partial charge on any atom is -0.486 e. The van der Waals surface area contributed by atoms with Gasteiger partial charge in [0.2, 0.25) is 0 Å². The molecule has 1 atom stereocenters. The third-order valence-electron chi connectivity index (χ3n) is 4.07. The summed E-state index contributed by atoms with van der Waals surface area (Å²) in [5.74, 6) is 0.166. The summed E-state index contributed by atoms with van der Waals surface area (Å²) in [5.41, 5.74) is -0.363. The molecule has 6 heteroatoms. The summed E-state index contributed by atoms with van der Waals surface area (Å²) in [5, 5.41) is 9.23. The number of carbonyl (C=O) groups excluding carboxylic acids is 1. The number of carbonyl (C=O) groups is 2. The van der Waals surface area contributed by atoms with Crippen LogP contribution in [0.2, 0.25) is 0 Å². The van der Waals surface area contributed by atoms with Crippen molar-refractivity contribution >= 4 is 11.9 Å². The van der Waals surface area contributed by atoms with Crippen LogP contribution in [0.4, 0.5) is 0 Å². The summed E-state index contributed by atoms with van der Waals surface area (Å²) in [7, 11) is 0. The van der Waals surface area contributed by atoms with E-state index in [1.54, 1.807) is 30.0 Å². The van der Waals surface area contributed by atoms with E-state index in [-0.39, 0.29) is 12.5 Å². The van der Waals surface area contributed by atoms with Crippen LogP contribution in [-0.2, 0) is 4.79 Å². The predicted octanol–water partition coefficient (Wildman–Crippen LogP) is 1.39. The number of fused-ring (bicyclic) bond motifs is 1. The Kier molecular flexibility index (Phi) is 3.23. The Balaban J connectivity index is 1.79. The Morgan fingerprint density at radius 2 is 1.95 bits per heavy atom. The van der Waals surface area contributed by atoms with E-state index in [0.717, 1.165) is 0 Å². The number of benzene rings is 1. The molecule has 1 aromatic carbocycles. The highest BCUT2D eigenvalue weighted by molar-refractivity contribution is 5.95. The first-order valence-electron chi connectivity index (χ1n) is 6.92. The first kappa shape index (κ1) is 13.7. The molecule has 2 aliphatic rings. The van der Waals surface area contributed by atoms with Crippen LogP contribution in [0.25, 0.3) is 0 Å². The maximum atomic E-state index is 12.5. The van der Waals surface area contributed by atoms with Crippen LogP contribution >= 0.6 is 0 Å². The standard InChI is InChI=1S/C15H17NO5/c1-15(14(18)19)4-5-16(9-15)13(17)10-2-3-11-12(8-10)21-7-6-20-11/h2-3,8H,4-7,9H2,1H3,(H,18,19). The van der Waals surface area contributed by atoms with Gasteiger partial charge in [-0.25, -0.2) is 0 Å². The van der Waals surface area contributed by atoms with Gasteiger partial charge in [-0.05, 0) is 31.5 Å². The quantitative estimate of drug-likeness (QED) is 0.891. The van der Waals surface area contributed by atoms with Crippen molar-refractivity contribution in [1.29, 1.82) is 0 Å². The molecule has 2 aliphatic heterocycles. The number of amides is 1. The second-order valence-electron chi connectivity index (χ2n) is 5.70. The van der Waals surface area contributed by atoms with E-state index < -0.39 is 11.4 Å². The van der Waals surface area contributed by atoms with Gasteiger partial charge in [0.1, 0.15) is 13.2 Å². The molecule has 1 saturated heterocycles. The Morgan fingerprint density at radius 3 is 2.62 bits per heavy atom. The van der Waals surface area contributed by atoms with Gasteiger partial charge in [0.15, 0.2) is 11.5 Å². The summed E-state index contributed by atoms with van der Waals surface area (Å²) in [6, 6.07) is 5.06. The molecule has 2 heterocycles. The first-order valence-corrected chi connectivity index (χ1v) is 6.92. The highest BCUT2D eigenvalue weighted by Gasteiger charge is 2.42. The van der Waals surface area contributed by atoms with E-state index in [2.05, 4.69) is 0 Å². The van der Waals surface area contributed by atoms with Gasteiger partial charge in [-0.3, -0.25) is 9.59 Å². The maximum absolute atomic E-state index is 12.5. The van der Waals surface area contributed by atoms with Gasteiger partial charge in [-0.1, -0.05) is 0 Å². The molecule has 3 rings (SSSR count). The monoisotopic (exact) mass is 291 g/mol. The molecule has 1 aromatic rings. The molecular formula is C15H17NO5. The van der Waals surface area contributed by atoms with Crippen molar-refractivity contribution in [2.24, 2.45) is 5.41 Å². The molecule has 0 spiro atoms. The Labute approximate surface area is 122 Å². The largest absolute Gasteiger partial charge is 0.486 e. The van der Waals surface area contributed by atoms with Crippen molar-refractivity contribution in [3.63, 3.8) is 0 Å². The van der Waals surface area contributed by atoms with Gasteiger partial charge in [-0.2, -0.15) is 0 Å². The smallest absolute Gasteiger partial charge is 0.311 e. The predicted molar refractivity (Wildman–Crippen MR) is 73.7 cm³/mol. The number of carboxylic acids is 1. The molecule has 0 aliphatic carbocycles. The van der Waals surface area contributed by atoms with Gasteiger partial charge in [0, 0.05) is 18.7 Å². The number of ether oxygens (including phenoxy) is 2. The highest BCUT2D eigenvalue weighted by atomic mass is 16.6. The fraction of sp³-hybridized carbons (Fsp3) is 0.467. The summed E-state index contributed by atoms with van der Waals surface area (Å²) in [4.78, 5) is 25.3. The maximum Gasteiger partial charge on any atom is 0.311 e. The molecule has 1 unspecified atom stereocenters. The highest BCUT2D eigenvalue weighted by Crippen LogP contribution is 2.34. The van der Waals surface area contributed by atoms with E-state index in [9.17, 15) is 14.7 Å². The molecular weight excluding hydrogens is 274 g/mol. The van der Waals surface area contributed by atoms with Crippen LogP contribution in [0, 0.1) is 5.41 Å². The third kappa shape index (κ3) is 2.41. The molecule has 112 valence electrons. The Hall–Kier alpha value is -2.24. The zero-order valence-corrected chi connectivity index (χ0v) is 11.8. The minimum absolute atomic E-state index is 0.169. The van der Waals surface area contributed by atoms with E-state index in [1.165, 1.54) is 0 Å². The molecule has 0 bridgehead atoms. The van der Waals surface area contributed by atoms with Crippen LogP contribution < -0.4 is 9.47 Å². The molecule has 1 fully saturated rings. The van der Waals surface area contributed by atoms with Crippen LogP contribution in [0.15, 0.2) is 18.2 Å². The molecule has 1 amide bonds. The van der Waals surface area contributed by atoms with Gasteiger partial charge in [0.25, 0.3) is 5.91 Å². The lowest BCUT2D eigenvalue weighted by molar-refractivity contribution is -0.147. The zero-order chi connectivity index (χ0) is 15.0. The van der Waals surface area contributed by atoms with Crippen LogP contribution in [0.3, 0.4) is 0 Å². The van der Waals surface area contributed by atoms with E-state index in [1.807, 2.05) is 0 Å². The Bertz CT molecular complexity index is 600. The molecule has 1 N–H and O–H groups in total. The second-order valence-corrected chi connectivity index (χ2v) is 5.70. The summed E-state index contributed by atoms with van der Waals surface area (Å²) in [6.45, 7) is 3.33. The van der Waals surface area contributed by atoms with E-state index in [4.69, 9.17) is 9.47 Å². The van der Waals surface area contributed by atoms with E-state index >= 15 is 0 Å². The lowest BCUT2D eigenvalue weighted by Gasteiger charge is -2.22. The number of hydrogen-bond acceptors (Lipinski definition) is 4. The fourth-order valence-corrected chi connectivity index (χ4v) is 2.67. The van der Waals surface area contributed by atoms with Crippen LogP contribution in [-0.4, -0.2) is 48.2 Å². The van der Waals surface area contributed by atoms with Crippen LogP contribution in [0.1, 0.15) is 23.7 Å². The van der Waals surface area contributed by atoms with Gasteiger partial charge in [-0.15, -0.1) is 0 Å². The Morgan fingerprint density at radius 1 is 1.24 bits per heavy atom. The lowest BCUT2D eigenvalue weighted by Crippen LogP contribution is -2.34.